The summed E-state index contributed by atoms with van der Waals surface area (Å²) in [4.78, 5) is 10.8. The van der Waals surface area contributed by atoms with Crippen molar-refractivity contribution < 1.29 is 9.90 Å². The van der Waals surface area contributed by atoms with E-state index < -0.39 is 0 Å². The Morgan fingerprint density at radius 1 is 1.82 bits per heavy atom. The van der Waals surface area contributed by atoms with Crippen LogP contribution in [0.5, 0.6) is 0 Å². The van der Waals surface area contributed by atoms with E-state index in [1.54, 1.807) is 7.05 Å². The van der Waals surface area contributed by atoms with E-state index in [-0.39, 0.29) is 18.1 Å². The Morgan fingerprint density at radius 3 is 3.00 bits per heavy atom. The number of β-amino-alcohol motifs (C(OH)–C–C–N with tert-alkyl or cyclic N) is 1. The van der Waals surface area contributed by atoms with E-state index in [1.165, 1.54) is 0 Å². The van der Waals surface area contributed by atoms with Gasteiger partial charge in [0.05, 0.1) is 6.10 Å². The summed E-state index contributed by atoms with van der Waals surface area (Å²) < 4.78 is 0. The molecule has 2 atom stereocenters. The zero-order valence-electron chi connectivity index (χ0n) is 6.63. The Balaban J connectivity index is 2.23. The van der Waals surface area contributed by atoms with Crippen molar-refractivity contribution in [1.29, 1.82) is 0 Å². The predicted molar refractivity (Wildman–Crippen MR) is 41.1 cm³/mol. The number of hydrogen-bond acceptors (Lipinski definition) is 3. The monoisotopic (exact) mass is 158 g/mol. The lowest BCUT2D eigenvalue weighted by molar-refractivity contribution is -0.121. The standard InChI is InChI=1S/C7H14N2O2/c1-8-7(11)3-5-2-6(10)4-9-5/h5-6,9-10H,2-4H2,1H3,(H,8,11)/t5-,6+/m0/s1. The molecule has 4 nitrogen and oxygen atoms in total. The van der Waals surface area contributed by atoms with Crippen molar-refractivity contribution in [2.75, 3.05) is 13.6 Å². The van der Waals surface area contributed by atoms with E-state index in [0.717, 1.165) is 0 Å². The van der Waals surface area contributed by atoms with Gasteiger partial charge in [0, 0.05) is 26.1 Å². The summed E-state index contributed by atoms with van der Waals surface area (Å²) in [6, 6.07) is 0.157. The van der Waals surface area contributed by atoms with Crippen molar-refractivity contribution >= 4 is 5.91 Å². The molecular formula is C7H14N2O2. The van der Waals surface area contributed by atoms with Crippen LogP contribution in [0.2, 0.25) is 0 Å². The van der Waals surface area contributed by atoms with Gasteiger partial charge in [0.2, 0.25) is 5.91 Å². The number of rotatable bonds is 2. The topological polar surface area (TPSA) is 61.4 Å². The number of nitrogens with one attached hydrogen (secondary N) is 2. The highest BCUT2D eigenvalue weighted by Crippen LogP contribution is 2.08. The van der Waals surface area contributed by atoms with Gasteiger partial charge in [-0.15, -0.1) is 0 Å². The van der Waals surface area contributed by atoms with E-state index in [2.05, 4.69) is 10.6 Å². The van der Waals surface area contributed by atoms with Crippen LogP contribution in [-0.4, -0.2) is 36.8 Å². The highest BCUT2D eigenvalue weighted by atomic mass is 16.3. The molecule has 0 radical (unpaired) electrons. The van der Waals surface area contributed by atoms with Gasteiger partial charge in [0.1, 0.15) is 0 Å². The molecule has 1 rings (SSSR count). The SMILES string of the molecule is CNC(=O)C[C@@H]1C[C@@H](O)CN1. The highest BCUT2D eigenvalue weighted by Gasteiger charge is 2.23. The van der Waals surface area contributed by atoms with Gasteiger partial charge in [-0.05, 0) is 6.42 Å². The Morgan fingerprint density at radius 2 is 2.55 bits per heavy atom. The summed E-state index contributed by atoms with van der Waals surface area (Å²) >= 11 is 0. The molecular weight excluding hydrogens is 144 g/mol. The first kappa shape index (κ1) is 8.49. The molecule has 11 heavy (non-hydrogen) atoms. The molecule has 1 heterocycles. The molecule has 0 bridgehead atoms. The fourth-order valence-corrected chi connectivity index (χ4v) is 1.28. The number of hydrogen-bond donors (Lipinski definition) is 3. The molecule has 0 spiro atoms. The fourth-order valence-electron chi connectivity index (χ4n) is 1.28. The molecule has 64 valence electrons. The first-order valence-electron chi connectivity index (χ1n) is 3.84. The Bertz CT molecular complexity index is 149. The number of amides is 1. The number of aliphatic hydroxyl groups is 1. The van der Waals surface area contributed by atoms with Crippen LogP contribution in [0.15, 0.2) is 0 Å². The minimum Gasteiger partial charge on any atom is -0.392 e. The second kappa shape index (κ2) is 3.69. The lowest BCUT2D eigenvalue weighted by atomic mass is 10.1. The van der Waals surface area contributed by atoms with Crippen molar-refractivity contribution in [2.45, 2.75) is 25.0 Å². The third-order valence-electron chi connectivity index (χ3n) is 1.91. The summed E-state index contributed by atoms with van der Waals surface area (Å²) in [5, 5.41) is 14.7. The van der Waals surface area contributed by atoms with Crippen LogP contribution >= 0.6 is 0 Å². The third-order valence-corrected chi connectivity index (χ3v) is 1.91. The average Bonchev–Trinajstić information content (AvgIpc) is 2.35. The maximum atomic E-state index is 10.8. The molecule has 1 amide bonds. The van der Waals surface area contributed by atoms with E-state index in [9.17, 15) is 4.79 Å². The first-order chi connectivity index (χ1) is 5.22. The van der Waals surface area contributed by atoms with Gasteiger partial charge in [-0.2, -0.15) is 0 Å². The van der Waals surface area contributed by atoms with Gasteiger partial charge in [-0.3, -0.25) is 4.79 Å². The molecule has 1 fully saturated rings. The molecule has 1 saturated heterocycles. The Hall–Kier alpha value is -0.610. The Labute approximate surface area is 66.0 Å². The lowest BCUT2D eigenvalue weighted by Crippen LogP contribution is -2.29. The van der Waals surface area contributed by atoms with Gasteiger partial charge < -0.3 is 15.7 Å². The zero-order valence-corrected chi connectivity index (χ0v) is 6.63. The molecule has 0 unspecified atom stereocenters. The predicted octanol–water partition coefficient (Wildman–Crippen LogP) is -1.15. The van der Waals surface area contributed by atoms with Crippen molar-refractivity contribution in [3.63, 3.8) is 0 Å². The van der Waals surface area contributed by atoms with E-state index in [0.29, 0.717) is 19.4 Å². The number of carbonyl (C=O) groups is 1. The average molecular weight is 158 g/mol. The van der Waals surface area contributed by atoms with Crippen molar-refractivity contribution in [3.05, 3.63) is 0 Å². The van der Waals surface area contributed by atoms with Gasteiger partial charge in [-0.1, -0.05) is 0 Å². The van der Waals surface area contributed by atoms with Crippen molar-refractivity contribution in [1.82, 2.24) is 10.6 Å². The van der Waals surface area contributed by atoms with Crippen molar-refractivity contribution in [3.8, 4) is 0 Å². The van der Waals surface area contributed by atoms with Crippen LogP contribution < -0.4 is 10.6 Å². The van der Waals surface area contributed by atoms with Crippen molar-refractivity contribution in [2.24, 2.45) is 0 Å². The van der Waals surface area contributed by atoms with Crippen LogP contribution in [0.25, 0.3) is 0 Å². The first-order valence-corrected chi connectivity index (χ1v) is 3.84. The van der Waals surface area contributed by atoms with Crippen LogP contribution in [0.1, 0.15) is 12.8 Å². The maximum absolute atomic E-state index is 10.8. The molecule has 0 aromatic carbocycles. The second-order valence-corrected chi connectivity index (χ2v) is 2.87. The summed E-state index contributed by atoms with van der Waals surface area (Å²) in [5.74, 6) is 0.0246. The second-order valence-electron chi connectivity index (χ2n) is 2.87. The van der Waals surface area contributed by atoms with E-state index in [4.69, 9.17) is 5.11 Å². The molecule has 0 aromatic heterocycles. The molecule has 1 aliphatic rings. The lowest BCUT2D eigenvalue weighted by Gasteiger charge is -2.07. The quantitative estimate of drug-likeness (QED) is 0.475. The summed E-state index contributed by atoms with van der Waals surface area (Å²) in [7, 11) is 1.62. The number of aliphatic hydroxyl groups excluding tert-OH is 1. The smallest absolute Gasteiger partial charge is 0.221 e. The summed E-state index contributed by atoms with van der Waals surface area (Å²) in [6.07, 6.45) is 0.880. The fraction of sp³-hybridized carbons (Fsp3) is 0.857. The number of carbonyl (C=O) groups excluding carboxylic acids is 1. The van der Waals surface area contributed by atoms with Gasteiger partial charge in [0.25, 0.3) is 0 Å². The minimum absolute atomic E-state index is 0.0246. The van der Waals surface area contributed by atoms with E-state index >= 15 is 0 Å². The molecule has 0 saturated carbocycles. The molecule has 4 heteroatoms. The minimum atomic E-state index is -0.273. The third kappa shape index (κ3) is 2.48. The largest absolute Gasteiger partial charge is 0.392 e. The zero-order chi connectivity index (χ0) is 8.27. The normalized spacial score (nSPS) is 30.4. The molecule has 0 aromatic rings. The van der Waals surface area contributed by atoms with Crippen LogP contribution in [0.4, 0.5) is 0 Å². The molecule has 0 aliphatic carbocycles. The Kier molecular flexibility index (Phi) is 2.84. The molecule has 3 N–H and O–H groups in total. The maximum Gasteiger partial charge on any atom is 0.221 e. The van der Waals surface area contributed by atoms with Crippen LogP contribution in [0.3, 0.4) is 0 Å². The van der Waals surface area contributed by atoms with Crippen LogP contribution in [0, 0.1) is 0 Å². The summed E-state index contributed by atoms with van der Waals surface area (Å²) in [6.45, 7) is 0.613. The van der Waals surface area contributed by atoms with Gasteiger partial charge in [-0.25, -0.2) is 0 Å². The van der Waals surface area contributed by atoms with Gasteiger partial charge >= 0.3 is 0 Å². The molecule has 1 aliphatic heterocycles. The summed E-state index contributed by atoms with van der Waals surface area (Å²) in [5.41, 5.74) is 0. The highest BCUT2D eigenvalue weighted by molar-refractivity contribution is 5.76. The van der Waals surface area contributed by atoms with Gasteiger partial charge in [0.15, 0.2) is 0 Å². The van der Waals surface area contributed by atoms with E-state index in [1.807, 2.05) is 0 Å². The van der Waals surface area contributed by atoms with Crippen LogP contribution in [-0.2, 0) is 4.79 Å².